The first-order valence-corrected chi connectivity index (χ1v) is 6.79. The van der Waals surface area contributed by atoms with Crippen LogP contribution in [0.15, 0.2) is 18.2 Å². The Bertz CT molecular complexity index is 369. The van der Waals surface area contributed by atoms with Crippen LogP contribution in [0.1, 0.15) is 30.9 Å². The lowest BCUT2D eigenvalue weighted by Crippen LogP contribution is -2.36. The van der Waals surface area contributed by atoms with Gasteiger partial charge in [-0.2, -0.15) is 0 Å². The fourth-order valence-corrected chi connectivity index (χ4v) is 2.68. The van der Waals surface area contributed by atoms with E-state index in [4.69, 9.17) is 5.73 Å². The minimum atomic E-state index is 0.627. The van der Waals surface area contributed by atoms with Gasteiger partial charge in [0.15, 0.2) is 0 Å². The van der Waals surface area contributed by atoms with Crippen molar-refractivity contribution in [3.8, 4) is 0 Å². The van der Waals surface area contributed by atoms with E-state index in [0.29, 0.717) is 5.92 Å². The summed E-state index contributed by atoms with van der Waals surface area (Å²) in [6.07, 6.45) is 3.68. The van der Waals surface area contributed by atoms with Crippen molar-refractivity contribution < 1.29 is 0 Å². The smallest absolute Gasteiger partial charge is 0.0399 e. The second-order valence-corrected chi connectivity index (χ2v) is 5.19. The summed E-state index contributed by atoms with van der Waals surface area (Å²) < 4.78 is 0. The number of hydrogen-bond donors (Lipinski definition) is 1. The van der Waals surface area contributed by atoms with Gasteiger partial charge in [-0.05, 0) is 43.9 Å². The third-order valence-electron chi connectivity index (χ3n) is 3.84. The Labute approximate surface area is 105 Å². The lowest BCUT2D eigenvalue weighted by molar-refractivity contribution is 0.499. The topological polar surface area (TPSA) is 29.3 Å². The molecule has 2 N–H and O–H groups in total. The number of nitrogens with two attached hydrogens (primary N) is 1. The van der Waals surface area contributed by atoms with Crippen LogP contribution >= 0.6 is 0 Å². The van der Waals surface area contributed by atoms with Crippen molar-refractivity contribution in [3.05, 3.63) is 29.3 Å². The number of nitrogens with zero attached hydrogens (tertiary/aromatic N) is 1. The quantitative estimate of drug-likeness (QED) is 0.865. The van der Waals surface area contributed by atoms with Gasteiger partial charge in [0, 0.05) is 18.8 Å². The van der Waals surface area contributed by atoms with Gasteiger partial charge in [-0.15, -0.1) is 0 Å². The van der Waals surface area contributed by atoms with E-state index in [9.17, 15) is 0 Å². The van der Waals surface area contributed by atoms with Crippen LogP contribution < -0.4 is 10.6 Å². The van der Waals surface area contributed by atoms with E-state index in [0.717, 1.165) is 13.1 Å². The zero-order chi connectivity index (χ0) is 12.3. The molecule has 1 aromatic carbocycles. The van der Waals surface area contributed by atoms with Gasteiger partial charge in [0.1, 0.15) is 0 Å². The molecule has 0 spiro atoms. The molecule has 1 aromatic rings. The standard InChI is InChI=1S/C15H24N2/c1-3-13(10-16)11-17-8-4-5-14-9-12(2)6-7-15(14)17/h6-7,9,13H,3-5,8,10-11,16H2,1-2H3. The molecule has 0 bridgehead atoms. The van der Waals surface area contributed by atoms with Gasteiger partial charge >= 0.3 is 0 Å². The summed E-state index contributed by atoms with van der Waals surface area (Å²) in [6, 6.07) is 6.85. The van der Waals surface area contributed by atoms with Gasteiger partial charge in [-0.1, -0.05) is 31.0 Å². The minimum absolute atomic E-state index is 0.627. The summed E-state index contributed by atoms with van der Waals surface area (Å²) in [5.74, 6) is 0.627. The zero-order valence-electron chi connectivity index (χ0n) is 11.1. The first-order chi connectivity index (χ1) is 8.24. The molecule has 0 saturated heterocycles. The summed E-state index contributed by atoms with van der Waals surface area (Å²) >= 11 is 0. The molecular formula is C15H24N2. The fraction of sp³-hybridized carbons (Fsp3) is 0.600. The molecule has 2 heteroatoms. The van der Waals surface area contributed by atoms with Gasteiger partial charge in [-0.25, -0.2) is 0 Å². The van der Waals surface area contributed by atoms with Gasteiger partial charge in [0.05, 0.1) is 0 Å². The van der Waals surface area contributed by atoms with E-state index in [2.05, 4.69) is 36.9 Å². The monoisotopic (exact) mass is 232 g/mol. The maximum absolute atomic E-state index is 5.82. The number of rotatable bonds is 4. The third kappa shape index (κ3) is 2.81. The number of benzene rings is 1. The molecule has 94 valence electrons. The molecule has 0 amide bonds. The maximum atomic E-state index is 5.82. The van der Waals surface area contributed by atoms with Crippen LogP contribution in [0.25, 0.3) is 0 Å². The SMILES string of the molecule is CCC(CN)CN1CCCc2cc(C)ccc21. The largest absolute Gasteiger partial charge is 0.371 e. The van der Waals surface area contributed by atoms with Crippen LogP contribution in [-0.4, -0.2) is 19.6 Å². The van der Waals surface area contributed by atoms with Gasteiger partial charge in [0.25, 0.3) is 0 Å². The molecule has 2 nitrogen and oxygen atoms in total. The molecule has 1 aliphatic heterocycles. The fourth-order valence-electron chi connectivity index (χ4n) is 2.68. The lowest BCUT2D eigenvalue weighted by atomic mass is 9.97. The average molecular weight is 232 g/mol. The maximum Gasteiger partial charge on any atom is 0.0399 e. The van der Waals surface area contributed by atoms with E-state index in [1.165, 1.54) is 42.6 Å². The average Bonchev–Trinajstić information content (AvgIpc) is 2.35. The summed E-state index contributed by atoms with van der Waals surface area (Å²) in [5, 5.41) is 0. The summed E-state index contributed by atoms with van der Waals surface area (Å²) in [7, 11) is 0. The molecule has 17 heavy (non-hydrogen) atoms. The van der Waals surface area contributed by atoms with Gasteiger partial charge < -0.3 is 10.6 Å². The molecule has 1 atom stereocenters. The van der Waals surface area contributed by atoms with Crippen LogP contribution in [0.2, 0.25) is 0 Å². The Balaban J connectivity index is 2.16. The van der Waals surface area contributed by atoms with E-state index < -0.39 is 0 Å². The van der Waals surface area contributed by atoms with Crippen LogP contribution in [0.3, 0.4) is 0 Å². The zero-order valence-corrected chi connectivity index (χ0v) is 11.1. The van der Waals surface area contributed by atoms with Gasteiger partial charge in [0.2, 0.25) is 0 Å². The Morgan fingerprint density at radius 2 is 2.24 bits per heavy atom. The molecule has 1 aliphatic rings. The van der Waals surface area contributed by atoms with E-state index >= 15 is 0 Å². The second-order valence-electron chi connectivity index (χ2n) is 5.19. The Morgan fingerprint density at radius 1 is 1.41 bits per heavy atom. The number of hydrogen-bond acceptors (Lipinski definition) is 2. The molecule has 1 heterocycles. The molecule has 0 fully saturated rings. The van der Waals surface area contributed by atoms with Crippen LogP contribution in [0.5, 0.6) is 0 Å². The first kappa shape index (κ1) is 12.4. The van der Waals surface area contributed by atoms with Crippen LogP contribution in [0, 0.1) is 12.8 Å². The van der Waals surface area contributed by atoms with E-state index in [-0.39, 0.29) is 0 Å². The number of anilines is 1. The minimum Gasteiger partial charge on any atom is -0.371 e. The molecule has 2 rings (SSSR count). The molecule has 0 aromatic heterocycles. The van der Waals surface area contributed by atoms with Crippen molar-refractivity contribution in [2.75, 3.05) is 24.5 Å². The predicted octanol–water partition coefficient (Wildman–Crippen LogP) is 2.73. The number of fused-ring (bicyclic) bond motifs is 1. The van der Waals surface area contributed by atoms with Crippen molar-refractivity contribution >= 4 is 5.69 Å². The Morgan fingerprint density at radius 3 is 2.94 bits per heavy atom. The van der Waals surface area contributed by atoms with Crippen LogP contribution in [-0.2, 0) is 6.42 Å². The van der Waals surface area contributed by atoms with Crippen molar-refractivity contribution in [2.24, 2.45) is 11.7 Å². The van der Waals surface area contributed by atoms with Gasteiger partial charge in [-0.3, -0.25) is 0 Å². The molecular weight excluding hydrogens is 208 g/mol. The highest BCUT2D eigenvalue weighted by Gasteiger charge is 2.18. The van der Waals surface area contributed by atoms with Crippen molar-refractivity contribution in [2.45, 2.75) is 33.1 Å². The summed E-state index contributed by atoms with van der Waals surface area (Å²) in [6.45, 7) is 7.51. The summed E-state index contributed by atoms with van der Waals surface area (Å²) in [5.41, 5.74) is 10.1. The van der Waals surface area contributed by atoms with Crippen molar-refractivity contribution in [1.29, 1.82) is 0 Å². The van der Waals surface area contributed by atoms with Crippen molar-refractivity contribution in [3.63, 3.8) is 0 Å². The lowest BCUT2D eigenvalue weighted by Gasteiger charge is -2.34. The summed E-state index contributed by atoms with van der Waals surface area (Å²) in [4.78, 5) is 2.53. The van der Waals surface area contributed by atoms with Crippen LogP contribution in [0.4, 0.5) is 5.69 Å². The molecule has 0 radical (unpaired) electrons. The molecule has 0 saturated carbocycles. The predicted molar refractivity (Wildman–Crippen MR) is 74.5 cm³/mol. The Hall–Kier alpha value is -1.02. The highest BCUT2D eigenvalue weighted by Crippen LogP contribution is 2.28. The van der Waals surface area contributed by atoms with E-state index in [1.807, 2.05) is 0 Å². The first-order valence-electron chi connectivity index (χ1n) is 6.79. The van der Waals surface area contributed by atoms with Crippen molar-refractivity contribution in [1.82, 2.24) is 0 Å². The number of aryl methyl sites for hydroxylation is 2. The highest BCUT2D eigenvalue weighted by molar-refractivity contribution is 5.56. The Kier molecular flexibility index (Phi) is 4.06. The van der Waals surface area contributed by atoms with E-state index in [1.54, 1.807) is 0 Å². The molecule has 0 aliphatic carbocycles. The highest BCUT2D eigenvalue weighted by atomic mass is 15.1. The third-order valence-corrected chi connectivity index (χ3v) is 3.84. The molecule has 1 unspecified atom stereocenters. The second kappa shape index (κ2) is 5.54. The normalized spacial score (nSPS) is 16.8.